The van der Waals surface area contributed by atoms with Crippen molar-refractivity contribution in [1.29, 1.82) is 0 Å². The maximum Gasteiger partial charge on any atom is 0.237 e. The molecular weight excluding hydrogens is 228 g/mol. The Kier molecular flexibility index (Phi) is 5.22. The number of aromatic nitrogens is 2. The zero-order valence-electron chi connectivity index (χ0n) is 11.5. The molecule has 1 aromatic heterocycles. The van der Waals surface area contributed by atoms with Gasteiger partial charge in [0.1, 0.15) is 6.33 Å². The fraction of sp³-hybridized carbons (Fsp3) is 0.615. The highest BCUT2D eigenvalue weighted by atomic mass is 16.2. The molecule has 1 aromatic rings. The van der Waals surface area contributed by atoms with Gasteiger partial charge in [0, 0.05) is 18.3 Å². The van der Waals surface area contributed by atoms with E-state index in [1.807, 2.05) is 26.8 Å². The summed E-state index contributed by atoms with van der Waals surface area (Å²) in [6.45, 7) is 8.50. The minimum absolute atomic E-state index is 0.0101. The van der Waals surface area contributed by atoms with Gasteiger partial charge in [0.15, 0.2) is 0 Å². The quantitative estimate of drug-likeness (QED) is 0.797. The molecule has 1 heterocycles. The molecule has 18 heavy (non-hydrogen) atoms. The lowest BCUT2D eigenvalue weighted by Crippen LogP contribution is -2.50. The van der Waals surface area contributed by atoms with Crippen LogP contribution in [0.1, 0.15) is 39.8 Å². The Labute approximate surface area is 108 Å². The molecule has 100 valence electrons. The number of amides is 1. The van der Waals surface area contributed by atoms with E-state index in [0.29, 0.717) is 6.54 Å². The van der Waals surface area contributed by atoms with Crippen molar-refractivity contribution in [1.82, 2.24) is 20.6 Å². The van der Waals surface area contributed by atoms with Gasteiger partial charge in [0.2, 0.25) is 5.91 Å². The van der Waals surface area contributed by atoms with Crippen molar-refractivity contribution in [2.24, 2.45) is 0 Å². The highest BCUT2D eigenvalue weighted by Gasteiger charge is 2.21. The van der Waals surface area contributed by atoms with Crippen LogP contribution in [-0.4, -0.2) is 27.5 Å². The average Bonchev–Trinajstić information content (AvgIpc) is 2.36. The zero-order valence-corrected chi connectivity index (χ0v) is 11.5. The van der Waals surface area contributed by atoms with E-state index in [4.69, 9.17) is 0 Å². The van der Waals surface area contributed by atoms with Crippen molar-refractivity contribution in [2.45, 2.75) is 52.2 Å². The molecule has 0 aromatic carbocycles. The second-order valence-corrected chi connectivity index (χ2v) is 5.03. The van der Waals surface area contributed by atoms with E-state index in [9.17, 15) is 4.79 Å². The van der Waals surface area contributed by atoms with E-state index >= 15 is 0 Å². The predicted octanol–water partition coefficient (Wildman–Crippen LogP) is 1.26. The molecule has 1 unspecified atom stereocenters. The summed E-state index contributed by atoms with van der Waals surface area (Å²) in [6.07, 6.45) is 4.09. The Morgan fingerprint density at radius 1 is 1.50 bits per heavy atom. The molecular formula is C13H22N4O. The Morgan fingerprint density at radius 3 is 2.78 bits per heavy atom. The van der Waals surface area contributed by atoms with Crippen molar-refractivity contribution >= 4 is 5.91 Å². The fourth-order valence-electron chi connectivity index (χ4n) is 1.30. The summed E-state index contributed by atoms with van der Waals surface area (Å²) in [5.74, 6) is 0.0101. The monoisotopic (exact) mass is 250 g/mol. The molecule has 1 rings (SSSR count). The van der Waals surface area contributed by atoms with Crippen LogP contribution in [0.15, 0.2) is 18.6 Å². The number of nitrogens with zero attached hydrogens (tertiary/aromatic N) is 2. The van der Waals surface area contributed by atoms with E-state index in [-0.39, 0.29) is 17.5 Å². The molecule has 0 saturated heterocycles. The van der Waals surface area contributed by atoms with Gasteiger partial charge in [-0.1, -0.05) is 6.92 Å². The van der Waals surface area contributed by atoms with Gasteiger partial charge in [-0.15, -0.1) is 0 Å². The van der Waals surface area contributed by atoms with Gasteiger partial charge in [0.05, 0.1) is 11.7 Å². The first-order valence-corrected chi connectivity index (χ1v) is 6.25. The predicted molar refractivity (Wildman–Crippen MR) is 70.8 cm³/mol. The first-order chi connectivity index (χ1) is 8.44. The van der Waals surface area contributed by atoms with Crippen molar-refractivity contribution in [3.63, 3.8) is 0 Å². The molecule has 0 aliphatic heterocycles. The molecule has 0 aliphatic carbocycles. The molecule has 1 atom stereocenters. The van der Waals surface area contributed by atoms with Crippen LogP contribution in [0.25, 0.3) is 0 Å². The van der Waals surface area contributed by atoms with Crippen LogP contribution >= 0.6 is 0 Å². The summed E-state index contributed by atoms with van der Waals surface area (Å²) < 4.78 is 0. The van der Waals surface area contributed by atoms with Crippen molar-refractivity contribution in [2.75, 3.05) is 0 Å². The fourth-order valence-corrected chi connectivity index (χ4v) is 1.30. The first-order valence-electron chi connectivity index (χ1n) is 6.25. The van der Waals surface area contributed by atoms with Gasteiger partial charge in [0.25, 0.3) is 0 Å². The smallest absolute Gasteiger partial charge is 0.237 e. The molecule has 0 saturated carbocycles. The maximum absolute atomic E-state index is 11.9. The molecule has 5 nitrogen and oxygen atoms in total. The zero-order chi connectivity index (χ0) is 13.6. The van der Waals surface area contributed by atoms with E-state index in [1.54, 1.807) is 6.20 Å². The third-order valence-corrected chi connectivity index (χ3v) is 2.97. The number of nitrogens with one attached hydrogen (secondary N) is 2. The van der Waals surface area contributed by atoms with Gasteiger partial charge in [-0.05, 0) is 33.3 Å². The first kappa shape index (κ1) is 14.6. The Bertz CT molecular complexity index is 378. The number of rotatable bonds is 6. The summed E-state index contributed by atoms with van der Waals surface area (Å²) in [6, 6.07) is 1.58. The normalized spacial score (nSPS) is 13.1. The van der Waals surface area contributed by atoms with Gasteiger partial charge in [-0.2, -0.15) is 0 Å². The van der Waals surface area contributed by atoms with Gasteiger partial charge < -0.3 is 10.6 Å². The molecule has 0 spiro atoms. The van der Waals surface area contributed by atoms with Crippen LogP contribution in [-0.2, 0) is 11.3 Å². The van der Waals surface area contributed by atoms with Crippen LogP contribution in [0.4, 0.5) is 0 Å². The van der Waals surface area contributed by atoms with Gasteiger partial charge >= 0.3 is 0 Å². The van der Waals surface area contributed by atoms with Crippen LogP contribution in [0.5, 0.6) is 0 Å². The van der Waals surface area contributed by atoms with Crippen LogP contribution in [0, 0.1) is 0 Å². The minimum Gasteiger partial charge on any atom is -0.350 e. The highest BCUT2D eigenvalue weighted by Crippen LogP contribution is 2.07. The summed E-state index contributed by atoms with van der Waals surface area (Å²) in [5.41, 5.74) is 0.710. The lowest BCUT2D eigenvalue weighted by molar-refractivity contribution is -0.124. The lowest BCUT2D eigenvalue weighted by Gasteiger charge is -2.26. The molecule has 0 radical (unpaired) electrons. The molecule has 2 N–H and O–H groups in total. The van der Waals surface area contributed by atoms with Gasteiger partial charge in [-0.25, -0.2) is 9.97 Å². The summed E-state index contributed by atoms with van der Waals surface area (Å²) >= 11 is 0. The number of hydrogen-bond donors (Lipinski definition) is 2. The minimum atomic E-state index is -0.245. The third kappa shape index (κ3) is 4.79. The van der Waals surface area contributed by atoms with E-state index in [1.165, 1.54) is 6.33 Å². The van der Waals surface area contributed by atoms with Crippen LogP contribution in [0.2, 0.25) is 0 Å². The second-order valence-electron chi connectivity index (χ2n) is 5.03. The largest absolute Gasteiger partial charge is 0.350 e. The molecule has 0 aliphatic rings. The lowest BCUT2D eigenvalue weighted by atomic mass is 10.0. The summed E-state index contributed by atoms with van der Waals surface area (Å²) in [7, 11) is 0. The SMILES string of the molecule is CCC(C)(C)NC(=O)C(C)NCc1ccncn1. The van der Waals surface area contributed by atoms with Crippen molar-refractivity contribution in [3.8, 4) is 0 Å². The van der Waals surface area contributed by atoms with Crippen molar-refractivity contribution in [3.05, 3.63) is 24.3 Å². The summed E-state index contributed by atoms with van der Waals surface area (Å²) in [5, 5.41) is 6.15. The molecule has 0 bridgehead atoms. The Morgan fingerprint density at radius 2 is 2.22 bits per heavy atom. The molecule has 5 heteroatoms. The number of hydrogen-bond acceptors (Lipinski definition) is 4. The average molecular weight is 250 g/mol. The van der Waals surface area contributed by atoms with E-state index in [2.05, 4.69) is 27.5 Å². The molecule has 1 amide bonds. The number of carbonyl (C=O) groups is 1. The highest BCUT2D eigenvalue weighted by molar-refractivity contribution is 5.81. The van der Waals surface area contributed by atoms with Gasteiger partial charge in [-0.3, -0.25) is 4.79 Å². The standard InChI is InChI=1S/C13H22N4O/c1-5-13(3,4)17-12(18)10(2)15-8-11-6-7-14-9-16-11/h6-7,9-10,15H,5,8H2,1-4H3,(H,17,18). The topological polar surface area (TPSA) is 66.9 Å². The second kappa shape index (κ2) is 6.44. The van der Waals surface area contributed by atoms with E-state index in [0.717, 1.165) is 12.1 Å². The molecule has 0 fully saturated rings. The number of carbonyl (C=O) groups excluding carboxylic acids is 1. The van der Waals surface area contributed by atoms with Crippen LogP contribution < -0.4 is 10.6 Å². The van der Waals surface area contributed by atoms with E-state index < -0.39 is 0 Å². The third-order valence-electron chi connectivity index (χ3n) is 2.97. The Hall–Kier alpha value is -1.49. The Balaban J connectivity index is 2.41. The summed E-state index contributed by atoms with van der Waals surface area (Å²) in [4.78, 5) is 19.9. The van der Waals surface area contributed by atoms with Crippen LogP contribution in [0.3, 0.4) is 0 Å². The maximum atomic E-state index is 11.9. The van der Waals surface area contributed by atoms with Crippen molar-refractivity contribution < 1.29 is 4.79 Å².